The van der Waals surface area contributed by atoms with E-state index in [0.29, 0.717) is 24.8 Å². The average Bonchev–Trinajstić information content (AvgIpc) is 3.28. The Kier molecular flexibility index (Phi) is 6.97. The lowest BCUT2D eigenvalue weighted by Crippen LogP contribution is -2.34. The topological polar surface area (TPSA) is 52.2 Å². The molecule has 1 aliphatic rings. The minimum atomic E-state index is 0.253. The molecule has 3 aromatic carbocycles. The van der Waals surface area contributed by atoms with Gasteiger partial charge in [0.2, 0.25) is 6.79 Å². The molecule has 3 aromatic rings. The zero-order chi connectivity index (χ0) is 22.3. The van der Waals surface area contributed by atoms with Crippen molar-refractivity contribution >= 4 is 23.0 Å². The van der Waals surface area contributed by atoms with Crippen molar-refractivity contribution in [1.82, 2.24) is 4.90 Å². The SMILES string of the molecule is CCOc1ccccc1NC(=S)N(Cc1ccc(OC)cc1)Cc1ccc2c(c1)OCO2. The van der Waals surface area contributed by atoms with Gasteiger partial charge in [-0.15, -0.1) is 0 Å². The molecular weight excluding hydrogens is 424 g/mol. The summed E-state index contributed by atoms with van der Waals surface area (Å²) in [4.78, 5) is 2.11. The maximum absolute atomic E-state index is 5.83. The van der Waals surface area contributed by atoms with Crippen LogP contribution in [-0.4, -0.2) is 30.5 Å². The van der Waals surface area contributed by atoms with E-state index >= 15 is 0 Å². The van der Waals surface area contributed by atoms with Crippen LogP contribution in [0.2, 0.25) is 0 Å². The minimum absolute atomic E-state index is 0.253. The molecule has 0 saturated heterocycles. The fourth-order valence-corrected chi connectivity index (χ4v) is 3.70. The van der Waals surface area contributed by atoms with Gasteiger partial charge in [-0.3, -0.25) is 0 Å². The summed E-state index contributed by atoms with van der Waals surface area (Å²) in [5.41, 5.74) is 3.03. The van der Waals surface area contributed by atoms with Gasteiger partial charge in [0.25, 0.3) is 0 Å². The van der Waals surface area contributed by atoms with Crippen LogP contribution in [-0.2, 0) is 13.1 Å². The first-order valence-corrected chi connectivity index (χ1v) is 10.9. The molecule has 6 nitrogen and oxygen atoms in total. The van der Waals surface area contributed by atoms with Gasteiger partial charge in [0, 0.05) is 13.1 Å². The zero-order valence-electron chi connectivity index (χ0n) is 18.2. The monoisotopic (exact) mass is 450 g/mol. The van der Waals surface area contributed by atoms with E-state index in [2.05, 4.69) is 10.2 Å². The maximum atomic E-state index is 5.83. The predicted molar refractivity (Wildman–Crippen MR) is 129 cm³/mol. The Labute approximate surface area is 193 Å². The number of rotatable bonds is 8. The molecule has 1 N–H and O–H groups in total. The number of anilines is 1. The Morgan fingerprint density at radius 1 is 0.969 bits per heavy atom. The van der Waals surface area contributed by atoms with Gasteiger partial charge < -0.3 is 29.2 Å². The summed E-state index contributed by atoms with van der Waals surface area (Å²) in [6.45, 7) is 4.03. The second-order valence-electron chi connectivity index (χ2n) is 7.25. The molecule has 7 heteroatoms. The number of hydrogen-bond donors (Lipinski definition) is 1. The van der Waals surface area contributed by atoms with Gasteiger partial charge in [0.15, 0.2) is 16.6 Å². The Bertz CT molecular complexity index is 1070. The zero-order valence-corrected chi connectivity index (χ0v) is 19.0. The lowest BCUT2D eigenvalue weighted by molar-refractivity contribution is 0.174. The van der Waals surface area contributed by atoms with Crippen molar-refractivity contribution in [2.24, 2.45) is 0 Å². The van der Waals surface area contributed by atoms with Crippen LogP contribution in [0.5, 0.6) is 23.0 Å². The van der Waals surface area contributed by atoms with E-state index in [1.807, 2.05) is 73.7 Å². The van der Waals surface area contributed by atoms with Crippen LogP contribution in [0.25, 0.3) is 0 Å². The normalized spacial score (nSPS) is 11.7. The third kappa shape index (κ3) is 5.23. The number of para-hydroxylation sites is 2. The number of ether oxygens (including phenoxy) is 4. The maximum Gasteiger partial charge on any atom is 0.231 e. The van der Waals surface area contributed by atoms with Gasteiger partial charge in [0.1, 0.15) is 11.5 Å². The van der Waals surface area contributed by atoms with Gasteiger partial charge in [-0.1, -0.05) is 30.3 Å². The van der Waals surface area contributed by atoms with Crippen molar-refractivity contribution in [3.63, 3.8) is 0 Å². The number of thiocarbonyl (C=S) groups is 1. The molecule has 4 rings (SSSR count). The second kappa shape index (κ2) is 10.2. The smallest absolute Gasteiger partial charge is 0.231 e. The van der Waals surface area contributed by atoms with Crippen molar-refractivity contribution in [2.75, 3.05) is 25.8 Å². The summed E-state index contributed by atoms with van der Waals surface area (Å²) in [6, 6.07) is 21.8. The summed E-state index contributed by atoms with van der Waals surface area (Å²) in [5.74, 6) is 3.11. The summed E-state index contributed by atoms with van der Waals surface area (Å²) in [5, 5.41) is 3.96. The predicted octanol–water partition coefficient (Wildman–Crippen LogP) is 5.22. The molecule has 0 spiro atoms. The number of hydrogen-bond acceptors (Lipinski definition) is 5. The van der Waals surface area contributed by atoms with Crippen LogP contribution in [0.15, 0.2) is 66.7 Å². The van der Waals surface area contributed by atoms with Crippen LogP contribution < -0.4 is 24.3 Å². The highest BCUT2D eigenvalue weighted by Crippen LogP contribution is 2.33. The van der Waals surface area contributed by atoms with Gasteiger partial charge in [-0.05, 0) is 66.7 Å². The molecule has 166 valence electrons. The number of benzene rings is 3. The van der Waals surface area contributed by atoms with Gasteiger partial charge in [-0.2, -0.15) is 0 Å². The van der Waals surface area contributed by atoms with E-state index in [-0.39, 0.29) is 6.79 Å². The summed E-state index contributed by atoms with van der Waals surface area (Å²) < 4.78 is 22.0. The molecule has 0 amide bonds. The van der Waals surface area contributed by atoms with E-state index in [4.69, 9.17) is 31.2 Å². The van der Waals surface area contributed by atoms with Crippen LogP contribution >= 0.6 is 12.2 Å². The Morgan fingerprint density at radius 3 is 2.47 bits per heavy atom. The molecule has 0 atom stereocenters. The fourth-order valence-electron chi connectivity index (χ4n) is 3.46. The molecule has 0 radical (unpaired) electrons. The van der Waals surface area contributed by atoms with Gasteiger partial charge in [-0.25, -0.2) is 0 Å². The molecule has 1 aliphatic heterocycles. The molecule has 1 heterocycles. The molecule has 32 heavy (non-hydrogen) atoms. The summed E-state index contributed by atoms with van der Waals surface area (Å²) in [7, 11) is 1.66. The number of nitrogens with one attached hydrogen (secondary N) is 1. The standard InChI is InChI=1S/C25H26N2O4S/c1-3-29-22-7-5-4-6-21(22)26-25(32)27(15-18-8-11-20(28-2)12-9-18)16-19-10-13-23-24(14-19)31-17-30-23/h4-14H,3,15-17H2,1-2H3,(H,26,32). The highest BCUT2D eigenvalue weighted by Gasteiger charge is 2.17. The van der Waals surface area contributed by atoms with Crippen molar-refractivity contribution in [3.05, 3.63) is 77.9 Å². The van der Waals surface area contributed by atoms with Crippen molar-refractivity contribution in [2.45, 2.75) is 20.0 Å². The third-order valence-electron chi connectivity index (χ3n) is 5.06. The van der Waals surface area contributed by atoms with Gasteiger partial charge >= 0.3 is 0 Å². The molecule has 0 aromatic heterocycles. The molecule has 0 saturated carbocycles. The van der Waals surface area contributed by atoms with Gasteiger partial charge in [0.05, 0.1) is 19.4 Å². The fraction of sp³-hybridized carbons (Fsp3) is 0.240. The summed E-state index contributed by atoms with van der Waals surface area (Å²) in [6.07, 6.45) is 0. The van der Waals surface area contributed by atoms with Crippen LogP contribution in [0.1, 0.15) is 18.1 Å². The summed E-state index contributed by atoms with van der Waals surface area (Å²) >= 11 is 5.83. The lowest BCUT2D eigenvalue weighted by Gasteiger charge is -2.27. The van der Waals surface area contributed by atoms with E-state index in [1.54, 1.807) is 7.11 Å². The van der Waals surface area contributed by atoms with Crippen molar-refractivity contribution in [3.8, 4) is 23.0 Å². The van der Waals surface area contributed by atoms with E-state index < -0.39 is 0 Å². The molecular formula is C25H26N2O4S. The minimum Gasteiger partial charge on any atom is -0.497 e. The molecule has 0 unspecified atom stereocenters. The van der Waals surface area contributed by atoms with E-state index in [9.17, 15) is 0 Å². The van der Waals surface area contributed by atoms with E-state index in [1.165, 1.54) is 0 Å². The number of methoxy groups -OCH3 is 1. The first-order valence-electron chi connectivity index (χ1n) is 10.5. The number of nitrogens with zero attached hydrogens (tertiary/aromatic N) is 1. The Hall–Kier alpha value is -3.45. The molecule has 0 aliphatic carbocycles. The third-order valence-corrected chi connectivity index (χ3v) is 5.42. The highest BCUT2D eigenvalue weighted by molar-refractivity contribution is 7.80. The van der Waals surface area contributed by atoms with Crippen LogP contribution in [0.3, 0.4) is 0 Å². The molecule has 0 fully saturated rings. The highest BCUT2D eigenvalue weighted by atomic mass is 32.1. The van der Waals surface area contributed by atoms with Crippen molar-refractivity contribution in [1.29, 1.82) is 0 Å². The van der Waals surface area contributed by atoms with Crippen molar-refractivity contribution < 1.29 is 18.9 Å². The first-order chi connectivity index (χ1) is 15.7. The quantitative estimate of drug-likeness (QED) is 0.472. The largest absolute Gasteiger partial charge is 0.497 e. The second-order valence-corrected chi connectivity index (χ2v) is 7.64. The Morgan fingerprint density at radius 2 is 1.69 bits per heavy atom. The van der Waals surface area contributed by atoms with Crippen LogP contribution in [0, 0.1) is 0 Å². The Balaban J connectivity index is 1.56. The first kappa shape index (κ1) is 21.8. The average molecular weight is 451 g/mol. The number of fused-ring (bicyclic) bond motifs is 1. The van der Waals surface area contributed by atoms with Crippen LogP contribution in [0.4, 0.5) is 5.69 Å². The van der Waals surface area contributed by atoms with E-state index in [0.717, 1.165) is 39.8 Å². The lowest BCUT2D eigenvalue weighted by atomic mass is 10.1. The molecule has 0 bridgehead atoms.